The van der Waals surface area contributed by atoms with Crippen LogP contribution >= 0.6 is 0 Å². The van der Waals surface area contributed by atoms with Gasteiger partial charge in [-0.2, -0.15) is 0 Å². The predicted octanol–water partition coefficient (Wildman–Crippen LogP) is 1.49. The summed E-state index contributed by atoms with van der Waals surface area (Å²) in [6.45, 7) is 10.3. The zero-order valence-electron chi connectivity index (χ0n) is 12.7. The molecule has 20 heavy (non-hydrogen) atoms. The van der Waals surface area contributed by atoms with E-state index in [0.29, 0.717) is 6.54 Å². The van der Waals surface area contributed by atoms with Gasteiger partial charge >= 0.3 is 0 Å². The predicted molar refractivity (Wildman–Crippen MR) is 81.8 cm³/mol. The molecule has 2 N–H and O–H groups in total. The minimum Gasteiger partial charge on any atom is -0.336 e. The summed E-state index contributed by atoms with van der Waals surface area (Å²) in [7, 11) is 0. The number of hydrogen-bond donors (Lipinski definition) is 1. The molecule has 4 nitrogen and oxygen atoms in total. The maximum absolute atomic E-state index is 12.5. The molecule has 110 valence electrons. The van der Waals surface area contributed by atoms with Crippen molar-refractivity contribution in [1.82, 2.24) is 9.80 Å². The van der Waals surface area contributed by atoms with Gasteiger partial charge in [0.15, 0.2) is 0 Å². The van der Waals surface area contributed by atoms with Crippen molar-refractivity contribution in [2.45, 2.75) is 26.3 Å². The molecule has 2 rings (SSSR count). The molecule has 1 aromatic rings. The molecule has 1 fully saturated rings. The summed E-state index contributed by atoms with van der Waals surface area (Å²) < 4.78 is 0. The zero-order chi connectivity index (χ0) is 14.8. The number of hydrogen-bond acceptors (Lipinski definition) is 3. The first-order valence-corrected chi connectivity index (χ1v) is 7.26. The SMILES string of the molecule is Cc1ccccc1C(=O)N1CCN(C(C)(C)CN)CC1. The Morgan fingerprint density at radius 3 is 2.35 bits per heavy atom. The van der Waals surface area contributed by atoms with Crippen molar-refractivity contribution >= 4 is 5.91 Å². The topological polar surface area (TPSA) is 49.6 Å². The van der Waals surface area contributed by atoms with Gasteiger partial charge in [0.05, 0.1) is 0 Å². The normalized spacial score (nSPS) is 17.3. The molecule has 0 aliphatic carbocycles. The van der Waals surface area contributed by atoms with Gasteiger partial charge in [-0.05, 0) is 32.4 Å². The van der Waals surface area contributed by atoms with Crippen molar-refractivity contribution in [2.24, 2.45) is 5.73 Å². The van der Waals surface area contributed by atoms with Crippen LogP contribution < -0.4 is 5.73 Å². The fraction of sp³-hybridized carbons (Fsp3) is 0.562. The summed E-state index contributed by atoms with van der Waals surface area (Å²) in [6.07, 6.45) is 0. The van der Waals surface area contributed by atoms with Gasteiger partial charge in [0.1, 0.15) is 0 Å². The average molecular weight is 275 g/mol. The molecular formula is C16H25N3O. The van der Waals surface area contributed by atoms with E-state index >= 15 is 0 Å². The van der Waals surface area contributed by atoms with Crippen LogP contribution in [0.2, 0.25) is 0 Å². The zero-order valence-corrected chi connectivity index (χ0v) is 12.7. The van der Waals surface area contributed by atoms with Gasteiger partial charge in [-0.1, -0.05) is 18.2 Å². The summed E-state index contributed by atoms with van der Waals surface area (Å²) >= 11 is 0. The number of aryl methyl sites for hydroxylation is 1. The Kier molecular flexibility index (Phi) is 4.45. The number of benzene rings is 1. The second-order valence-corrected chi connectivity index (χ2v) is 6.11. The van der Waals surface area contributed by atoms with E-state index in [2.05, 4.69) is 18.7 Å². The third-order valence-electron chi connectivity index (χ3n) is 4.30. The Labute approximate surface area is 121 Å². The number of nitrogens with two attached hydrogens (primary N) is 1. The molecule has 1 aliphatic rings. The van der Waals surface area contributed by atoms with E-state index < -0.39 is 0 Å². The van der Waals surface area contributed by atoms with Crippen LogP contribution in [-0.2, 0) is 0 Å². The Morgan fingerprint density at radius 2 is 1.80 bits per heavy atom. The van der Waals surface area contributed by atoms with Gasteiger partial charge in [0.25, 0.3) is 5.91 Å². The van der Waals surface area contributed by atoms with E-state index in [1.54, 1.807) is 0 Å². The van der Waals surface area contributed by atoms with Crippen LogP contribution in [0.5, 0.6) is 0 Å². The van der Waals surface area contributed by atoms with Gasteiger partial charge in [0.2, 0.25) is 0 Å². The van der Waals surface area contributed by atoms with Crippen LogP contribution in [0, 0.1) is 6.92 Å². The molecule has 1 aliphatic heterocycles. The van der Waals surface area contributed by atoms with Crippen molar-refractivity contribution < 1.29 is 4.79 Å². The van der Waals surface area contributed by atoms with Crippen molar-refractivity contribution in [2.75, 3.05) is 32.7 Å². The van der Waals surface area contributed by atoms with E-state index in [1.807, 2.05) is 36.1 Å². The molecular weight excluding hydrogens is 250 g/mol. The van der Waals surface area contributed by atoms with Crippen molar-refractivity contribution in [3.05, 3.63) is 35.4 Å². The molecule has 0 aromatic heterocycles. The highest BCUT2D eigenvalue weighted by molar-refractivity contribution is 5.95. The first kappa shape index (κ1) is 15.0. The highest BCUT2D eigenvalue weighted by Gasteiger charge is 2.30. The Balaban J connectivity index is 2.01. The lowest BCUT2D eigenvalue weighted by atomic mass is 10.0. The lowest BCUT2D eigenvalue weighted by Gasteiger charge is -2.43. The quantitative estimate of drug-likeness (QED) is 0.909. The fourth-order valence-electron chi connectivity index (χ4n) is 2.63. The fourth-order valence-corrected chi connectivity index (χ4v) is 2.63. The number of nitrogens with zero attached hydrogens (tertiary/aromatic N) is 2. The molecule has 0 radical (unpaired) electrons. The lowest BCUT2D eigenvalue weighted by molar-refractivity contribution is 0.0425. The molecule has 0 bridgehead atoms. The molecule has 1 heterocycles. The van der Waals surface area contributed by atoms with E-state index in [4.69, 9.17) is 5.73 Å². The molecule has 1 aromatic carbocycles. The first-order chi connectivity index (χ1) is 9.45. The van der Waals surface area contributed by atoms with E-state index in [0.717, 1.165) is 37.3 Å². The monoisotopic (exact) mass is 275 g/mol. The third-order valence-corrected chi connectivity index (χ3v) is 4.30. The maximum Gasteiger partial charge on any atom is 0.254 e. The lowest BCUT2D eigenvalue weighted by Crippen LogP contribution is -2.58. The number of rotatable bonds is 3. The van der Waals surface area contributed by atoms with E-state index in [1.165, 1.54) is 0 Å². The summed E-state index contributed by atoms with van der Waals surface area (Å²) in [5, 5.41) is 0. The largest absolute Gasteiger partial charge is 0.336 e. The number of carbonyl (C=O) groups is 1. The second-order valence-electron chi connectivity index (χ2n) is 6.11. The van der Waals surface area contributed by atoms with Crippen molar-refractivity contribution in [3.63, 3.8) is 0 Å². The summed E-state index contributed by atoms with van der Waals surface area (Å²) in [5.74, 6) is 0.147. The Morgan fingerprint density at radius 1 is 1.20 bits per heavy atom. The van der Waals surface area contributed by atoms with E-state index in [9.17, 15) is 4.79 Å². The van der Waals surface area contributed by atoms with Gasteiger partial charge in [-0.3, -0.25) is 9.69 Å². The number of carbonyl (C=O) groups excluding carboxylic acids is 1. The Bertz CT molecular complexity index is 476. The van der Waals surface area contributed by atoms with Crippen LogP contribution in [0.3, 0.4) is 0 Å². The highest BCUT2D eigenvalue weighted by Crippen LogP contribution is 2.18. The summed E-state index contributed by atoms with van der Waals surface area (Å²) in [5.41, 5.74) is 7.69. The van der Waals surface area contributed by atoms with Crippen LogP contribution in [0.4, 0.5) is 0 Å². The highest BCUT2D eigenvalue weighted by atomic mass is 16.2. The van der Waals surface area contributed by atoms with Crippen molar-refractivity contribution in [3.8, 4) is 0 Å². The molecule has 0 spiro atoms. The second kappa shape index (κ2) is 5.94. The number of piperazine rings is 1. The number of amides is 1. The molecule has 1 amide bonds. The summed E-state index contributed by atoms with van der Waals surface area (Å²) in [6, 6.07) is 7.79. The third kappa shape index (κ3) is 3.02. The minimum absolute atomic E-state index is 0.0117. The maximum atomic E-state index is 12.5. The molecule has 0 saturated carbocycles. The van der Waals surface area contributed by atoms with Crippen LogP contribution in [0.15, 0.2) is 24.3 Å². The minimum atomic E-state index is 0.0117. The molecule has 0 unspecified atom stereocenters. The standard InChI is InChI=1S/C16H25N3O/c1-13-6-4-5-7-14(13)15(20)18-8-10-19(11-9-18)16(2,3)12-17/h4-7H,8-12,17H2,1-3H3. The molecule has 1 saturated heterocycles. The molecule has 4 heteroatoms. The van der Waals surface area contributed by atoms with Crippen LogP contribution in [-0.4, -0.2) is 54.0 Å². The first-order valence-electron chi connectivity index (χ1n) is 7.26. The van der Waals surface area contributed by atoms with Crippen LogP contribution in [0.1, 0.15) is 29.8 Å². The Hall–Kier alpha value is -1.39. The van der Waals surface area contributed by atoms with Crippen molar-refractivity contribution in [1.29, 1.82) is 0 Å². The van der Waals surface area contributed by atoms with E-state index in [-0.39, 0.29) is 11.4 Å². The van der Waals surface area contributed by atoms with Gasteiger partial charge < -0.3 is 10.6 Å². The average Bonchev–Trinajstić information content (AvgIpc) is 2.47. The van der Waals surface area contributed by atoms with Gasteiger partial charge in [0, 0.05) is 43.8 Å². The van der Waals surface area contributed by atoms with Crippen LogP contribution in [0.25, 0.3) is 0 Å². The van der Waals surface area contributed by atoms with Gasteiger partial charge in [-0.15, -0.1) is 0 Å². The molecule has 0 atom stereocenters. The van der Waals surface area contributed by atoms with Gasteiger partial charge in [-0.25, -0.2) is 0 Å². The smallest absolute Gasteiger partial charge is 0.254 e. The summed E-state index contributed by atoms with van der Waals surface area (Å²) in [4.78, 5) is 16.8.